The van der Waals surface area contributed by atoms with Gasteiger partial charge in [0.05, 0.1) is 0 Å². The largest absolute Gasteiger partial charge is 0.341 e. The molecular formula is C18H24N4O2. The number of anilines is 1. The van der Waals surface area contributed by atoms with Crippen molar-refractivity contribution in [3.63, 3.8) is 0 Å². The van der Waals surface area contributed by atoms with Gasteiger partial charge in [-0.05, 0) is 30.0 Å². The summed E-state index contributed by atoms with van der Waals surface area (Å²) in [5.74, 6) is -0.134. The molecule has 1 heterocycles. The lowest BCUT2D eigenvalue weighted by molar-refractivity contribution is -0.117. The Hall–Kier alpha value is -2.63. The number of carbonyl (C=O) groups is 2. The van der Waals surface area contributed by atoms with E-state index < -0.39 is 6.04 Å². The molecule has 0 fully saturated rings. The van der Waals surface area contributed by atoms with E-state index in [0.29, 0.717) is 11.4 Å². The Morgan fingerprint density at radius 1 is 1.12 bits per heavy atom. The first-order valence-corrected chi connectivity index (χ1v) is 7.89. The standard InChI is InChI=1S/C18H24N4O2/c1-12(16(23)20-15-10-11-22(5)21-15)19-17(24)13-6-8-14(9-7-13)18(2,3)4/h6-12H,1-5H3,(H,19,24)(H,20,21,23). The van der Waals surface area contributed by atoms with Crippen molar-refractivity contribution in [1.82, 2.24) is 15.1 Å². The Balaban J connectivity index is 1.96. The van der Waals surface area contributed by atoms with Crippen molar-refractivity contribution in [3.8, 4) is 0 Å². The fourth-order valence-electron chi connectivity index (χ4n) is 2.18. The van der Waals surface area contributed by atoms with Gasteiger partial charge in [-0.25, -0.2) is 0 Å². The lowest BCUT2D eigenvalue weighted by atomic mass is 9.86. The number of rotatable bonds is 4. The zero-order valence-corrected chi connectivity index (χ0v) is 14.8. The van der Waals surface area contributed by atoms with Crippen LogP contribution < -0.4 is 10.6 Å². The normalized spacial score (nSPS) is 12.5. The van der Waals surface area contributed by atoms with E-state index in [4.69, 9.17) is 0 Å². The fourth-order valence-corrected chi connectivity index (χ4v) is 2.18. The Morgan fingerprint density at radius 3 is 2.25 bits per heavy atom. The van der Waals surface area contributed by atoms with Gasteiger partial charge >= 0.3 is 0 Å². The number of nitrogens with zero attached hydrogens (tertiary/aromatic N) is 2. The van der Waals surface area contributed by atoms with E-state index in [9.17, 15) is 9.59 Å². The van der Waals surface area contributed by atoms with Gasteiger partial charge in [0.2, 0.25) is 5.91 Å². The highest BCUT2D eigenvalue weighted by atomic mass is 16.2. The van der Waals surface area contributed by atoms with Crippen molar-refractivity contribution in [2.24, 2.45) is 7.05 Å². The van der Waals surface area contributed by atoms with E-state index in [2.05, 4.69) is 36.5 Å². The van der Waals surface area contributed by atoms with Gasteiger partial charge in [-0.1, -0.05) is 32.9 Å². The van der Waals surface area contributed by atoms with E-state index in [1.54, 1.807) is 43.0 Å². The number of aryl methyl sites for hydroxylation is 1. The SMILES string of the molecule is CC(NC(=O)c1ccc(C(C)(C)C)cc1)C(=O)Nc1ccn(C)n1. The van der Waals surface area contributed by atoms with Crippen LogP contribution in [0.25, 0.3) is 0 Å². The van der Waals surface area contributed by atoms with Gasteiger partial charge in [0.25, 0.3) is 5.91 Å². The molecule has 1 aromatic heterocycles. The summed E-state index contributed by atoms with van der Waals surface area (Å²) in [4.78, 5) is 24.4. The first kappa shape index (κ1) is 17.7. The van der Waals surface area contributed by atoms with E-state index in [0.717, 1.165) is 5.56 Å². The van der Waals surface area contributed by atoms with Crippen LogP contribution in [0.1, 0.15) is 43.6 Å². The molecule has 2 rings (SSSR count). The maximum Gasteiger partial charge on any atom is 0.251 e. The maximum absolute atomic E-state index is 12.3. The molecule has 2 amide bonds. The molecule has 1 aromatic carbocycles. The summed E-state index contributed by atoms with van der Waals surface area (Å²) >= 11 is 0. The van der Waals surface area contributed by atoms with Crippen LogP contribution in [0, 0.1) is 0 Å². The van der Waals surface area contributed by atoms with Crippen molar-refractivity contribution in [1.29, 1.82) is 0 Å². The molecule has 1 atom stereocenters. The van der Waals surface area contributed by atoms with Crippen LogP contribution in [0.4, 0.5) is 5.82 Å². The molecular weight excluding hydrogens is 304 g/mol. The van der Waals surface area contributed by atoms with Gasteiger partial charge in [-0.15, -0.1) is 0 Å². The molecule has 0 saturated heterocycles. The number of benzene rings is 1. The monoisotopic (exact) mass is 328 g/mol. The molecule has 2 N–H and O–H groups in total. The molecule has 6 nitrogen and oxygen atoms in total. The highest BCUT2D eigenvalue weighted by Crippen LogP contribution is 2.22. The first-order chi connectivity index (χ1) is 11.2. The van der Waals surface area contributed by atoms with Crippen LogP contribution in [0.5, 0.6) is 0 Å². The second-order valence-corrected chi connectivity index (χ2v) is 6.89. The van der Waals surface area contributed by atoms with Gasteiger partial charge in [0, 0.05) is 24.9 Å². The van der Waals surface area contributed by atoms with E-state index in [-0.39, 0.29) is 17.2 Å². The molecule has 0 aliphatic rings. The predicted octanol–water partition coefficient (Wildman–Crippen LogP) is 2.47. The van der Waals surface area contributed by atoms with Gasteiger partial charge in [0.1, 0.15) is 6.04 Å². The second-order valence-electron chi connectivity index (χ2n) is 6.89. The van der Waals surface area contributed by atoms with Crippen molar-refractivity contribution in [2.45, 2.75) is 39.2 Å². The Labute approximate surface area is 142 Å². The summed E-state index contributed by atoms with van der Waals surface area (Å²) in [5, 5.41) is 9.43. The summed E-state index contributed by atoms with van der Waals surface area (Å²) in [7, 11) is 1.77. The minimum atomic E-state index is -0.665. The molecule has 24 heavy (non-hydrogen) atoms. The molecule has 0 aliphatic carbocycles. The number of hydrogen-bond donors (Lipinski definition) is 2. The molecule has 0 aliphatic heterocycles. The molecule has 0 bridgehead atoms. The quantitative estimate of drug-likeness (QED) is 0.905. The van der Waals surface area contributed by atoms with Crippen molar-refractivity contribution >= 4 is 17.6 Å². The fraction of sp³-hybridized carbons (Fsp3) is 0.389. The molecule has 128 valence electrons. The molecule has 0 saturated carbocycles. The highest BCUT2D eigenvalue weighted by Gasteiger charge is 2.18. The number of aromatic nitrogens is 2. The lowest BCUT2D eigenvalue weighted by Gasteiger charge is -2.19. The topological polar surface area (TPSA) is 76.0 Å². The summed E-state index contributed by atoms with van der Waals surface area (Å²) in [5.41, 5.74) is 1.71. The minimum absolute atomic E-state index is 0.0326. The van der Waals surface area contributed by atoms with Crippen LogP contribution in [0.2, 0.25) is 0 Å². The third-order valence-corrected chi connectivity index (χ3v) is 3.72. The predicted molar refractivity (Wildman–Crippen MR) is 93.9 cm³/mol. The third kappa shape index (κ3) is 4.44. The molecule has 6 heteroatoms. The van der Waals surface area contributed by atoms with Crippen LogP contribution in [-0.4, -0.2) is 27.6 Å². The zero-order chi connectivity index (χ0) is 17.9. The van der Waals surface area contributed by atoms with Crippen LogP contribution >= 0.6 is 0 Å². The smallest absolute Gasteiger partial charge is 0.251 e. The van der Waals surface area contributed by atoms with Gasteiger partial charge in [0.15, 0.2) is 5.82 Å². The number of amides is 2. The summed E-state index contributed by atoms with van der Waals surface area (Å²) in [6.45, 7) is 7.99. The maximum atomic E-state index is 12.3. The van der Waals surface area contributed by atoms with Crippen LogP contribution in [0.3, 0.4) is 0 Å². The summed E-state index contributed by atoms with van der Waals surface area (Å²) in [6.07, 6.45) is 1.73. The Morgan fingerprint density at radius 2 is 1.75 bits per heavy atom. The number of hydrogen-bond acceptors (Lipinski definition) is 3. The van der Waals surface area contributed by atoms with Gasteiger partial charge < -0.3 is 10.6 Å². The molecule has 1 unspecified atom stereocenters. The van der Waals surface area contributed by atoms with Crippen LogP contribution in [-0.2, 0) is 17.3 Å². The summed E-state index contributed by atoms with van der Waals surface area (Å²) < 4.78 is 1.59. The minimum Gasteiger partial charge on any atom is -0.341 e. The molecule has 0 radical (unpaired) electrons. The van der Waals surface area contributed by atoms with E-state index in [1.165, 1.54) is 0 Å². The molecule has 0 spiro atoms. The van der Waals surface area contributed by atoms with Crippen LogP contribution in [0.15, 0.2) is 36.5 Å². The first-order valence-electron chi connectivity index (χ1n) is 7.89. The average molecular weight is 328 g/mol. The second kappa shape index (κ2) is 6.86. The highest BCUT2D eigenvalue weighted by molar-refractivity contribution is 6.00. The number of carbonyl (C=O) groups excluding carboxylic acids is 2. The lowest BCUT2D eigenvalue weighted by Crippen LogP contribution is -2.41. The molecule has 2 aromatic rings. The average Bonchev–Trinajstić information content (AvgIpc) is 2.91. The van der Waals surface area contributed by atoms with E-state index >= 15 is 0 Å². The van der Waals surface area contributed by atoms with Gasteiger partial charge in [-0.2, -0.15) is 5.10 Å². The van der Waals surface area contributed by atoms with E-state index in [1.807, 2.05) is 12.1 Å². The third-order valence-electron chi connectivity index (χ3n) is 3.72. The van der Waals surface area contributed by atoms with Crippen molar-refractivity contribution < 1.29 is 9.59 Å². The number of nitrogens with one attached hydrogen (secondary N) is 2. The van der Waals surface area contributed by atoms with Gasteiger partial charge in [-0.3, -0.25) is 14.3 Å². The zero-order valence-electron chi connectivity index (χ0n) is 14.8. The van der Waals surface area contributed by atoms with Crippen molar-refractivity contribution in [2.75, 3.05) is 5.32 Å². The Bertz CT molecular complexity index is 726. The summed E-state index contributed by atoms with van der Waals surface area (Å²) in [6, 6.07) is 8.46. The van der Waals surface area contributed by atoms with Crippen molar-refractivity contribution in [3.05, 3.63) is 47.7 Å². The Kier molecular flexibility index (Phi) is 5.07.